The summed E-state index contributed by atoms with van der Waals surface area (Å²) in [6.45, 7) is 5.84. The van der Waals surface area contributed by atoms with Crippen LogP contribution < -0.4 is 20.7 Å². The minimum atomic E-state index is -0.176. The summed E-state index contributed by atoms with van der Waals surface area (Å²) in [5.41, 5.74) is 2.15. The molecule has 162 valence electrons. The van der Waals surface area contributed by atoms with Crippen molar-refractivity contribution in [1.82, 2.24) is 10.6 Å². The van der Waals surface area contributed by atoms with Crippen molar-refractivity contribution in [2.75, 3.05) is 32.1 Å². The van der Waals surface area contributed by atoms with Crippen LogP contribution in [0.5, 0.6) is 5.75 Å². The molecule has 2 aromatic carbocycles. The zero-order chi connectivity index (χ0) is 21.8. The molecule has 0 spiro atoms. The Hall–Kier alpha value is -2.90. The highest BCUT2D eigenvalue weighted by atomic mass is 16.5. The smallest absolute Gasteiger partial charge is 0.251 e. The van der Waals surface area contributed by atoms with Gasteiger partial charge in [-0.1, -0.05) is 18.2 Å². The third-order valence-electron chi connectivity index (χ3n) is 4.13. The first-order chi connectivity index (χ1) is 14.5. The molecule has 3 N–H and O–H groups in total. The summed E-state index contributed by atoms with van der Waals surface area (Å²) in [5.74, 6) is 0.478. The van der Waals surface area contributed by atoms with Gasteiger partial charge < -0.3 is 25.4 Å². The molecule has 0 aliphatic rings. The molecular formula is C23H31N3O4. The molecule has 0 heterocycles. The fourth-order valence-corrected chi connectivity index (χ4v) is 2.74. The summed E-state index contributed by atoms with van der Waals surface area (Å²) in [6, 6.07) is 14.7. The average molecular weight is 414 g/mol. The van der Waals surface area contributed by atoms with Crippen LogP contribution in [0.3, 0.4) is 0 Å². The lowest BCUT2D eigenvalue weighted by atomic mass is 10.2. The lowest BCUT2D eigenvalue weighted by molar-refractivity contribution is -0.115. The molecule has 0 aliphatic carbocycles. The van der Waals surface area contributed by atoms with Crippen LogP contribution in [0.15, 0.2) is 48.5 Å². The number of carbonyl (C=O) groups is 2. The van der Waals surface area contributed by atoms with E-state index < -0.39 is 0 Å². The van der Waals surface area contributed by atoms with Crippen molar-refractivity contribution in [3.63, 3.8) is 0 Å². The van der Waals surface area contributed by atoms with Crippen LogP contribution in [0.4, 0.5) is 5.69 Å². The second kappa shape index (κ2) is 12.6. The van der Waals surface area contributed by atoms with Gasteiger partial charge in [-0.2, -0.15) is 0 Å². The summed E-state index contributed by atoms with van der Waals surface area (Å²) < 4.78 is 10.6. The maximum absolute atomic E-state index is 12.2. The van der Waals surface area contributed by atoms with Crippen LogP contribution >= 0.6 is 0 Å². The first-order valence-electron chi connectivity index (χ1n) is 10.1. The number of carbonyl (C=O) groups excluding carboxylic acids is 2. The van der Waals surface area contributed by atoms with Crippen molar-refractivity contribution >= 4 is 17.5 Å². The Morgan fingerprint density at radius 3 is 2.53 bits per heavy atom. The highest BCUT2D eigenvalue weighted by Crippen LogP contribution is 2.14. The van der Waals surface area contributed by atoms with Gasteiger partial charge >= 0.3 is 0 Å². The summed E-state index contributed by atoms with van der Waals surface area (Å²) >= 11 is 0. The van der Waals surface area contributed by atoms with Gasteiger partial charge in [0.05, 0.1) is 12.6 Å². The van der Waals surface area contributed by atoms with Gasteiger partial charge in [-0.15, -0.1) is 0 Å². The van der Waals surface area contributed by atoms with Crippen LogP contribution in [-0.2, 0) is 16.1 Å². The second-order valence-electron chi connectivity index (χ2n) is 7.15. The Morgan fingerprint density at radius 2 is 1.83 bits per heavy atom. The second-order valence-corrected chi connectivity index (χ2v) is 7.15. The fraction of sp³-hybridized carbons (Fsp3) is 0.391. The molecule has 0 saturated carbocycles. The van der Waals surface area contributed by atoms with Crippen molar-refractivity contribution in [2.24, 2.45) is 0 Å². The van der Waals surface area contributed by atoms with E-state index in [-0.39, 0.29) is 24.5 Å². The van der Waals surface area contributed by atoms with Gasteiger partial charge in [-0.3, -0.25) is 9.59 Å². The van der Waals surface area contributed by atoms with Crippen LogP contribution in [0.1, 0.15) is 36.2 Å². The van der Waals surface area contributed by atoms with E-state index in [1.807, 2.05) is 38.1 Å². The standard InChI is InChI=1S/C23H31N3O4/c1-17(2)30-21-10-8-18(9-11-21)15-24-16-22(27)26-20-7-4-6-19(14-20)23(28)25-12-5-13-29-3/h4,6-11,14,17,24H,5,12-13,15-16H2,1-3H3,(H,25,28)(H,26,27). The lowest BCUT2D eigenvalue weighted by Crippen LogP contribution is -2.28. The molecule has 0 atom stereocenters. The van der Waals surface area contributed by atoms with Crippen molar-refractivity contribution in [3.8, 4) is 5.75 Å². The quantitative estimate of drug-likeness (QED) is 0.466. The van der Waals surface area contributed by atoms with E-state index in [2.05, 4.69) is 16.0 Å². The van der Waals surface area contributed by atoms with Gasteiger partial charge in [0.25, 0.3) is 5.91 Å². The Balaban J connectivity index is 1.76. The summed E-state index contributed by atoms with van der Waals surface area (Å²) in [4.78, 5) is 24.4. The van der Waals surface area contributed by atoms with Gasteiger partial charge in [0.15, 0.2) is 0 Å². The maximum Gasteiger partial charge on any atom is 0.251 e. The van der Waals surface area contributed by atoms with Gasteiger partial charge in [0.2, 0.25) is 5.91 Å². The molecule has 0 bridgehead atoms. The van der Waals surface area contributed by atoms with Gasteiger partial charge in [0.1, 0.15) is 5.75 Å². The number of amides is 2. The van der Waals surface area contributed by atoms with E-state index in [1.165, 1.54) is 0 Å². The van der Waals surface area contributed by atoms with E-state index in [4.69, 9.17) is 9.47 Å². The molecule has 0 saturated heterocycles. The first-order valence-corrected chi connectivity index (χ1v) is 10.1. The zero-order valence-corrected chi connectivity index (χ0v) is 17.9. The number of anilines is 1. The molecule has 0 unspecified atom stereocenters. The molecule has 30 heavy (non-hydrogen) atoms. The highest BCUT2D eigenvalue weighted by Gasteiger charge is 2.08. The van der Waals surface area contributed by atoms with Crippen LogP contribution in [-0.4, -0.2) is 44.7 Å². The zero-order valence-electron chi connectivity index (χ0n) is 17.9. The number of hydrogen-bond donors (Lipinski definition) is 3. The third-order valence-corrected chi connectivity index (χ3v) is 4.13. The van der Waals surface area contributed by atoms with Crippen molar-refractivity contribution in [3.05, 3.63) is 59.7 Å². The number of rotatable bonds is 12. The molecule has 2 amide bonds. The largest absolute Gasteiger partial charge is 0.491 e. The van der Waals surface area contributed by atoms with E-state index in [0.717, 1.165) is 17.7 Å². The Bertz CT molecular complexity index is 806. The fourth-order valence-electron chi connectivity index (χ4n) is 2.74. The van der Waals surface area contributed by atoms with Crippen LogP contribution in [0.25, 0.3) is 0 Å². The van der Waals surface area contributed by atoms with Crippen LogP contribution in [0.2, 0.25) is 0 Å². The van der Waals surface area contributed by atoms with E-state index >= 15 is 0 Å². The average Bonchev–Trinajstić information content (AvgIpc) is 2.72. The predicted molar refractivity (Wildman–Crippen MR) is 118 cm³/mol. The monoisotopic (exact) mass is 413 g/mol. The normalized spacial score (nSPS) is 10.7. The van der Waals surface area contributed by atoms with Crippen molar-refractivity contribution in [2.45, 2.75) is 32.9 Å². The molecule has 7 nitrogen and oxygen atoms in total. The number of methoxy groups -OCH3 is 1. The molecule has 2 rings (SSSR count). The van der Waals surface area contributed by atoms with E-state index in [0.29, 0.717) is 30.9 Å². The Morgan fingerprint density at radius 1 is 1.07 bits per heavy atom. The molecule has 2 aromatic rings. The SMILES string of the molecule is COCCCNC(=O)c1cccc(NC(=O)CNCc2ccc(OC(C)C)cc2)c1. The predicted octanol–water partition coefficient (Wildman–Crippen LogP) is 2.97. The van der Waals surface area contributed by atoms with Crippen molar-refractivity contribution in [1.29, 1.82) is 0 Å². The number of hydrogen-bond acceptors (Lipinski definition) is 5. The van der Waals surface area contributed by atoms with Gasteiger partial charge in [-0.25, -0.2) is 0 Å². The number of ether oxygens (including phenoxy) is 2. The minimum absolute atomic E-state index is 0.137. The third kappa shape index (κ3) is 8.63. The Labute approximate surface area is 178 Å². The topological polar surface area (TPSA) is 88.7 Å². The summed E-state index contributed by atoms with van der Waals surface area (Å²) in [5, 5.41) is 8.75. The van der Waals surface area contributed by atoms with Crippen LogP contribution in [0, 0.1) is 0 Å². The lowest BCUT2D eigenvalue weighted by Gasteiger charge is -2.11. The van der Waals surface area contributed by atoms with Gasteiger partial charge in [0, 0.05) is 38.1 Å². The molecular weight excluding hydrogens is 382 g/mol. The molecule has 7 heteroatoms. The van der Waals surface area contributed by atoms with Gasteiger partial charge in [-0.05, 0) is 56.2 Å². The molecule has 0 aromatic heterocycles. The highest BCUT2D eigenvalue weighted by molar-refractivity contribution is 5.97. The number of benzene rings is 2. The van der Waals surface area contributed by atoms with E-state index in [1.54, 1.807) is 31.4 Å². The summed E-state index contributed by atoms with van der Waals surface area (Å²) in [6.07, 6.45) is 0.885. The van der Waals surface area contributed by atoms with Crippen molar-refractivity contribution < 1.29 is 19.1 Å². The Kier molecular flexibility index (Phi) is 9.83. The summed E-state index contributed by atoms with van der Waals surface area (Å²) in [7, 11) is 1.63. The van der Waals surface area contributed by atoms with E-state index in [9.17, 15) is 9.59 Å². The minimum Gasteiger partial charge on any atom is -0.491 e. The molecule has 0 aliphatic heterocycles. The number of nitrogens with one attached hydrogen (secondary N) is 3. The first kappa shape index (κ1) is 23.4. The maximum atomic E-state index is 12.2. The molecule has 0 radical (unpaired) electrons. The molecule has 0 fully saturated rings.